The van der Waals surface area contributed by atoms with Gasteiger partial charge in [0.25, 0.3) is 11.8 Å². The smallest absolute Gasteiger partial charge is 0.330 e. The number of imide groups is 1. The lowest BCUT2D eigenvalue weighted by molar-refractivity contribution is -0.197. The predicted octanol–water partition coefficient (Wildman–Crippen LogP) is 2.09. The zero-order valence-electron chi connectivity index (χ0n) is 14.7. The molecule has 0 aliphatic carbocycles. The SMILES string of the molecule is CC(C)[SiH](c1ccc(CC(=O)ON2C(=O)CCC2=O)cc1)C(C)C. The van der Waals surface area contributed by atoms with Crippen molar-refractivity contribution in [2.45, 2.75) is 58.0 Å². The number of carbonyl (C=O) groups is 3. The van der Waals surface area contributed by atoms with Crippen LogP contribution < -0.4 is 5.19 Å². The Morgan fingerprint density at radius 1 is 1.04 bits per heavy atom. The Bertz CT molecular complexity index is 600. The highest BCUT2D eigenvalue weighted by atomic mass is 28.3. The van der Waals surface area contributed by atoms with Gasteiger partial charge in [-0.2, -0.15) is 0 Å². The van der Waals surface area contributed by atoms with Gasteiger partial charge < -0.3 is 4.84 Å². The Hall–Kier alpha value is -1.95. The van der Waals surface area contributed by atoms with E-state index in [-0.39, 0.29) is 19.3 Å². The van der Waals surface area contributed by atoms with Crippen LogP contribution in [0.4, 0.5) is 0 Å². The summed E-state index contributed by atoms with van der Waals surface area (Å²) in [7, 11) is -1.05. The molecule has 0 spiro atoms. The number of rotatable bonds is 6. The van der Waals surface area contributed by atoms with Crippen molar-refractivity contribution in [1.82, 2.24) is 5.06 Å². The third-order valence-corrected chi connectivity index (χ3v) is 8.38. The van der Waals surface area contributed by atoms with Crippen LogP contribution in [0.2, 0.25) is 11.1 Å². The third kappa shape index (κ3) is 4.32. The number of hydrogen-bond acceptors (Lipinski definition) is 4. The molecule has 1 aliphatic heterocycles. The molecule has 0 radical (unpaired) electrons. The fraction of sp³-hybridized carbons (Fsp3) is 0.500. The topological polar surface area (TPSA) is 63.7 Å². The molecule has 5 nitrogen and oxygen atoms in total. The second-order valence-electron chi connectivity index (χ2n) is 6.98. The monoisotopic (exact) mass is 347 g/mol. The minimum absolute atomic E-state index is 0.0485. The highest BCUT2D eigenvalue weighted by molar-refractivity contribution is 6.75. The summed E-state index contributed by atoms with van der Waals surface area (Å²) in [6.45, 7) is 9.08. The second kappa shape index (κ2) is 7.74. The second-order valence-corrected chi connectivity index (χ2v) is 11.4. The van der Waals surface area contributed by atoms with E-state index in [0.29, 0.717) is 16.1 Å². The Kier molecular flexibility index (Phi) is 5.93. The van der Waals surface area contributed by atoms with Crippen molar-refractivity contribution in [2.24, 2.45) is 0 Å². The van der Waals surface area contributed by atoms with E-state index in [4.69, 9.17) is 4.84 Å². The van der Waals surface area contributed by atoms with E-state index in [1.807, 2.05) is 12.1 Å². The molecule has 24 heavy (non-hydrogen) atoms. The standard InChI is InChI=1S/C18H25NO4Si/c1-12(2)24(13(3)4)15-7-5-14(6-8-15)11-18(22)23-19-16(20)9-10-17(19)21/h5-8,12-13,24H,9-11H2,1-4H3. The zero-order chi connectivity index (χ0) is 17.9. The molecule has 0 N–H and O–H groups in total. The number of hydrogen-bond donors (Lipinski definition) is 0. The Balaban J connectivity index is 1.99. The maximum atomic E-state index is 11.9. The molecule has 0 bridgehead atoms. The van der Waals surface area contributed by atoms with Gasteiger partial charge in [0.05, 0.1) is 15.2 Å². The molecule has 0 saturated carbocycles. The van der Waals surface area contributed by atoms with Crippen molar-refractivity contribution in [2.75, 3.05) is 0 Å². The van der Waals surface area contributed by atoms with Crippen LogP contribution in [0.5, 0.6) is 0 Å². The maximum Gasteiger partial charge on any atom is 0.337 e. The molecule has 0 unspecified atom stereocenters. The van der Waals surface area contributed by atoms with Crippen LogP contribution in [0.1, 0.15) is 46.1 Å². The molecule has 130 valence electrons. The molecule has 1 heterocycles. The Morgan fingerprint density at radius 2 is 1.54 bits per heavy atom. The highest BCUT2D eigenvalue weighted by Crippen LogP contribution is 2.20. The van der Waals surface area contributed by atoms with Gasteiger partial charge in [-0.05, 0) is 16.6 Å². The van der Waals surface area contributed by atoms with E-state index in [1.165, 1.54) is 5.19 Å². The van der Waals surface area contributed by atoms with Crippen molar-refractivity contribution in [3.63, 3.8) is 0 Å². The number of amides is 2. The lowest BCUT2D eigenvalue weighted by Crippen LogP contribution is -2.36. The van der Waals surface area contributed by atoms with Gasteiger partial charge in [-0.25, -0.2) is 4.79 Å². The van der Waals surface area contributed by atoms with Crippen LogP contribution >= 0.6 is 0 Å². The van der Waals surface area contributed by atoms with Gasteiger partial charge in [-0.1, -0.05) is 57.1 Å². The molecule has 2 amide bonds. The van der Waals surface area contributed by atoms with Crippen molar-refractivity contribution in [3.8, 4) is 0 Å². The zero-order valence-corrected chi connectivity index (χ0v) is 15.9. The summed E-state index contributed by atoms with van der Waals surface area (Å²) in [6, 6.07) is 8.08. The molecule has 1 saturated heterocycles. The molecule has 1 aromatic carbocycles. The van der Waals surface area contributed by atoms with Gasteiger partial charge in [0.2, 0.25) is 0 Å². The maximum absolute atomic E-state index is 11.9. The van der Waals surface area contributed by atoms with E-state index in [1.54, 1.807) is 0 Å². The summed E-state index contributed by atoms with van der Waals surface area (Å²) in [4.78, 5) is 39.7. The molecular formula is C18H25NO4Si. The minimum Gasteiger partial charge on any atom is -0.330 e. The van der Waals surface area contributed by atoms with E-state index in [0.717, 1.165) is 5.56 Å². The van der Waals surface area contributed by atoms with Crippen LogP contribution in [0.25, 0.3) is 0 Å². The molecule has 2 rings (SSSR count). The van der Waals surface area contributed by atoms with Crippen LogP contribution in [0, 0.1) is 0 Å². The molecule has 0 atom stereocenters. The highest BCUT2D eigenvalue weighted by Gasteiger charge is 2.32. The lowest BCUT2D eigenvalue weighted by atomic mass is 10.1. The van der Waals surface area contributed by atoms with Crippen LogP contribution in [-0.4, -0.2) is 31.6 Å². The number of carbonyl (C=O) groups excluding carboxylic acids is 3. The van der Waals surface area contributed by atoms with E-state index in [2.05, 4.69) is 39.8 Å². The third-order valence-electron chi connectivity index (χ3n) is 4.35. The van der Waals surface area contributed by atoms with Crippen molar-refractivity contribution < 1.29 is 19.2 Å². The summed E-state index contributed by atoms with van der Waals surface area (Å²) in [6.07, 6.45) is 0.265. The van der Waals surface area contributed by atoms with Gasteiger partial charge in [-0.3, -0.25) is 9.59 Å². The first kappa shape index (κ1) is 18.4. The van der Waals surface area contributed by atoms with E-state index in [9.17, 15) is 14.4 Å². The average molecular weight is 347 g/mol. The summed E-state index contributed by atoms with van der Waals surface area (Å²) in [5.41, 5.74) is 2.17. The minimum atomic E-state index is -1.05. The first-order valence-electron chi connectivity index (χ1n) is 8.45. The molecule has 1 aliphatic rings. The summed E-state index contributed by atoms with van der Waals surface area (Å²) >= 11 is 0. The summed E-state index contributed by atoms with van der Waals surface area (Å²) in [5.74, 6) is -1.49. The van der Waals surface area contributed by atoms with Gasteiger partial charge >= 0.3 is 5.97 Å². The molecule has 6 heteroatoms. The van der Waals surface area contributed by atoms with Crippen LogP contribution in [-0.2, 0) is 25.6 Å². The molecular weight excluding hydrogens is 322 g/mol. The number of hydroxylamine groups is 2. The largest absolute Gasteiger partial charge is 0.337 e. The summed E-state index contributed by atoms with van der Waals surface area (Å²) < 4.78 is 0. The summed E-state index contributed by atoms with van der Waals surface area (Å²) in [5, 5.41) is 1.99. The first-order chi connectivity index (χ1) is 11.3. The number of nitrogens with zero attached hydrogens (tertiary/aromatic N) is 1. The first-order valence-corrected chi connectivity index (χ1v) is 10.4. The normalized spacial score (nSPS) is 15.0. The van der Waals surface area contributed by atoms with Crippen molar-refractivity contribution in [1.29, 1.82) is 0 Å². The average Bonchev–Trinajstić information content (AvgIpc) is 2.80. The van der Waals surface area contributed by atoms with E-state index >= 15 is 0 Å². The van der Waals surface area contributed by atoms with Gasteiger partial charge in [0.1, 0.15) is 0 Å². The van der Waals surface area contributed by atoms with Crippen LogP contribution in [0.15, 0.2) is 24.3 Å². The molecule has 1 aromatic rings. The van der Waals surface area contributed by atoms with E-state index < -0.39 is 26.6 Å². The van der Waals surface area contributed by atoms with Gasteiger partial charge in [-0.15, -0.1) is 5.06 Å². The fourth-order valence-corrected chi connectivity index (χ4v) is 7.07. The Labute approximate surface area is 144 Å². The number of benzene rings is 1. The van der Waals surface area contributed by atoms with Crippen molar-refractivity contribution in [3.05, 3.63) is 29.8 Å². The van der Waals surface area contributed by atoms with Gasteiger partial charge in [0, 0.05) is 12.8 Å². The van der Waals surface area contributed by atoms with Crippen molar-refractivity contribution >= 4 is 31.8 Å². The molecule has 0 aromatic heterocycles. The molecule has 1 fully saturated rings. The fourth-order valence-electron chi connectivity index (χ4n) is 3.36. The Morgan fingerprint density at radius 3 is 2.00 bits per heavy atom. The van der Waals surface area contributed by atoms with Gasteiger partial charge in [0.15, 0.2) is 0 Å². The lowest BCUT2D eigenvalue weighted by Gasteiger charge is -2.23. The predicted molar refractivity (Wildman–Crippen MR) is 94.3 cm³/mol. The quantitative estimate of drug-likeness (QED) is 0.584. The van der Waals surface area contributed by atoms with Crippen LogP contribution in [0.3, 0.4) is 0 Å².